The summed E-state index contributed by atoms with van der Waals surface area (Å²) in [5, 5.41) is 0. The molecule has 0 aromatic carbocycles. The van der Waals surface area contributed by atoms with Gasteiger partial charge in [-0.25, -0.2) is 9.78 Å². The summed E-state index contributed by atoms with van der Waals surface area (Å²) in [6.07, 6.45) is 4.04. The zero-order valence-corrected chi connectivity index (χ0v) is 14.7. The molecule has 2 unspecified atom stereocenters. The van der Waals surface area contributed by atoms with E-state index in [1.165, 1.54) is 18.4 Å². The molecule has 2 N–H and O–H groups in total. The molecule has 0 spiro atoms. The third kappa shape index (κ3) is 3.64. The number of amides is 1. The molecule has 3 rings (SSSR count). The molecule has 1 aromatic heterocycles. The third-order valence-electron chi connectivity index (χ3n) is 5.39. The number of pyridine rings is 1. The maximum atomic E-state index is 11.7. The number of nitrogens with zero attached hydrogens (tertiary/aromatic N) is 3. The van der Waals surface area contributed by atoms with E-state index >= 15 is 0 Å². The van der Waals surface area contributed by atoms with Gasteiger partial charge in [0.15, 0.2) is 0 Å². The first kappa shape index (κ1) is 17.0. The Labute approximate surface area is 144 Å². The van der Waals surface area contributed by atoms with E-state index in [0.29, 0.717) is 17.8 Å². The summed E-state index contributed by atoms with van der Waals surface area (Å²) in [6, 6.07) is 4.59. The molecule has 1 amide bonds. The molecule has 132 valence electrons. The van der Waals surface area contributed by atoms with Gasteiger partial charge in [0.25, 0.3) is 0 Å². The highest BCUT2D eigenvalue weighted by Gasteiger charge is 2.31. The topological polar surface area (TPSA) is 71.7 Å². The van der Waals surface area contributed by atoms with Crippen LogP contribution >= 0.6 is 0 Å². The van der Waals surface area contributed by atoms with E-state index in [1.807, 2.05) is 11.0 Å². The number of likely N-dealkylation sites (tertiary alicyclic amines) is 1. The predicted molar refractivity (Wildman–Crippen MR) is 93.8 cm³/mol. The second-order valence-electron chi connectivity index (χ2n) is 6.90. The average Bonchev–Trinajstić information content (AvgIpc) is 3.07. The van der Waals surface area contributed by atoms with E-state index in [1.54, 1.807) is 0 Å². The molecule has 6 heteroatoms. The SMILES string of the molecule is CCN(CC1CCN(C(=O)OC)C1)C1CCc2nc(N)ccc2C1. The van der Waals surface area contributed by atoms with E-state index in [0.717, 1.165) is 51.9 Å². The van der Waals surface area contributed by atoms with Crippen LogP contribution in [0.2, 0.25) is 0 Å². The molecule has 2 atom stereocenters. The molecule has 1 fully saturated rings. The van der Waals surface area contributed by atoms with E-state index in [4.69, 9.17) is 10.5 Å². The van der Waals surface area contributed by atoms with Crippen LogP contribution in [0.4, 0.5) is 10.6 Å². The molecular formula is C18H28N4O2. The number of aromatic nitrogens is 1. The molecule has 2 aliphatic rings. The van der Waals surface area contributed by atoms with Crippen molar-refractivity contribution >= 4 is 11.9 Å². The summed E-state index contributed by atoms with van der Waals surface area (Å²) in [6.45, 7) is 5.93. The van der Waals surface area contributed by atoms with Gasteiger partial charge in [-0.05, 0) is 49.8 Å². The number of likely N-dealkylation sites (N-methyl/N-ethyl adjacent to an activating group) is 1. The normalized spacial score (nSPS) is 23.4. The minimum atomic E-state index is -0.198. The minimum Gasteiger partial charge on any atom is -0.453 e. The lowest BCUT2D eigenvalue weighted by molar-refractivity contribution is 0.127. The van der Waals surface area contributed by atoms with Crippen molar-refractivity contribution in [2.45, 2.75) is 38.6 Å². The standard InChI is InChI=1S/C18H28N4O2/c1-3-21(11-13-8-9-22(12-13)18(23)24-2)15-5-6-16-14(10-15)4-7-17(19)20-16/h4,7,13,15H,3,5-6,8-12H2,1-2H3,(H2,19,20). The second kappa shape index (κ2) is 7.38. The molecule has 6 nitrogen and oxygen atoms in total. The Morgan fingerprint density at radius 2 is 2.29 bits per heavy atom. The Bertz CT molecular complexity index is 592. The fraction of sp³-hybridized carbons (Fsp3) is 0.667. The van der Waals surface area contributed by atoms with Gasteiger partial charge in [0.05, 0.1) is 7.11 Å². The van der Waals surface area contributed by atoms with Crippen molar-refractivity contribution < 1.29 is 9.53 Å². The number of ether oxygens (including phenoxy) is 1. The van der Waals surface area contributed by atoms with Crippen LogP contribution in [0, 0.1) is 5.92 Å². The van der Waals surface area contributed by atoms with Gasteiger partial charge in [0, 0.05) is 31.4 Å². The largest absolute Gasteiger partial charge is 0.453 e. The lowest BCUT2D eigenvalue weighted by Crippen LogP contribution is -2.42. The Morgan fingerprint density at radius 1 is 1.46 bits per heavy atom. The summed E-state index contributed by atoms with van der Waals surface area (Å²) in [4.78, 5) is 20.5. The maximum Gasteiger partial charge on any atom is 0.409 e. The van der Waals surface area contributed by atoms with Crippen LogP contribution in [0.15, 0.2) is 12.1 Å². The first-order valence-corrected chi connectivity index (χ1v) is 8.92. The number of nitrogens with two attached hydrogens (primary N) is 1. The molecule has 0 radical (unpaired) electrons. The summed E-state index contributed by atoms with van der Waals surface area (Å²) in [7, 11) is 1.45. The van der Waals surface area contributed by atoms with E-state index in [2.05, 4.69) is 22.9 Å². The van der Waals surface area contributed by atoms with E-state index in [-0.39, 0.29) is 6.09 Å². The van der Waals surface area contributed by atoms with Crippen LogP contribution in [-0.4, -0.2) is 60.2 Å². The number of rotatable bonds is 4. The fourth-order valence-corrected chi connectivity index (χ4v) is 4.06. The first-order chi connectivity index (χ1) is 11.6. The lowest BCUT2D eigenvalue weighted by atomic mass is 9.90. The first-order valence-electron chi connectivity index (χ1n) is 8.92. The van der Waals surface area contributed by atoms with Crippen molar-refractivity contribution in [3.05, 3.63) is 23.4 Å². The highest BCUT2D eigenvalue weighted by Crippen LogP contribution is 2.26. The number of carbonyl (C=O) groups is 1. The third-order valence-corrected chi connectivity index (χ3v) is 5.39. The van der Waals surface area contributed by atoms with Crippen LogP contribution in [0.1, 0.15) is 31.0 Å². The molecule has 0 saturated carbocycles. The summed E-state index contributed by atoms with van der Waals surface area (Å²) in [5.41, 5.74) is 8.30. The van der Waals surface area contributed by atoms with Gasteiger partial charge in [-0.2, -0.15) is 0 Å². The minimum absolute atomic E-state index is 0.198. The number of fused-ring (bicyclic) bond motifs is 1. The second-order valence-corrected chi connectivity index (χ2v) is 6.90. The summed E-state index contributed by atoms with van der Waals surface area (Å²) >= 11 is 0. The maximum absolute atomic E-state index is 11.7. The molecular weight excluding hydrogens is 304 g/mol. The number of hydrogen-bond acceptors (Lipinski definition) is 5. The van der Waals surface area contributed by atoms with Gasteiger partial charge in [-0.15, -0.1) is 0 Å². The zero-order chi connectivity index (χ0) is 17.1. The highest BCUT2D eigenvalue weighted by molar-refractivity contribution is 5.67. The van der Waals surface area contributed by atoms with E-state index < -0.39 is 0 Å². The van der Waals surface area contributed by atoms with Crippen molar-refractivity contribution in [2.75, 3.05) is 39.0 Å². The number of hydrogen-bond donors (Lipinski definition) is 1. The van der Waals surface area contributed by atoms with Gasteiger partial charge >= 0.3 is 6.09 Å². The zero-order valence-electron chi connectivity index (χ0n) is 14.7. The Balaban J connectivity index is 1.59. The molecule has 1 saturated heterocycles. The number of methoxy groups -OCH3 is 1. The Kier molecular flexibility index (Phi) is 5.23. The highest BCUT2D eigenvalue weighted by atomic mass is 16.5. The van der Waals surface area contributed by atoms with Crippen LogP contribution in [-0.2, 0) is 17.6 Å². The smallest absolute Gasteiger partial charge is 0.409 e. The average molecular weight is 332 g/mol. The van der Waals surface area contributed by atoms with Gasteiger partial charge in [-0.1, -0.05) is 13.0 Å². The van der Waals surface area contributed by atoms with Crippen molar-refractivity contribution in [2.24, 2.45) is 5.92 Å². The predicted octanol–water partition coefficient (Wildman–Crippen LogP) is 1.93. The lowest BCUT2D eigenvalue weighted by Gasteiger charge is -2.35. The molecule has 0 bridgehead atoms. The fourth-order valence-electron chi connectivity index (χ4n) is 4.06. The molecule has 1 aliphatic carbocycles. The van der Waals surface area contributed by atoms with Crippen LogP contribution in [0.5, 0.6) is 0 Å². The van der Waals surface area contributed by atoms with E-state index in [9.17, 15) is 4.79 Å². The molecule has 2 heterocycles. The number of aryl methyl sites for hydroxylation is 1. The Morgan fingerprint density at radius 3 is 3.04 bits per heavy atom. The Hall–Kier alpha value is -1.82. The molecule has 1 aromatic rings. The number of nitrogen functional groups attached to an aromatic ring is 1. The summed E-state index contributed by atoms with van der Waals surface area (Å²) < 4.78 is 4.84. The van der Waals surface area contributed by atoms with Crippen molar-refractivity contribution in [3.63, 3.8) is 0 Å². The van der Waals surface area contributed by atoms with Crippen LogP contribution in [0.3, 0.4) is 0 Å². The van der Waals surface area contributed by atoms with Gasteiger partial charge in [0.2, 0.25) is 0 Å². The van der Waals surface area contributed by atoms with Gasteiger partial charge in [-0.3, -0.25) is 4.90 Å². The molecule has 1 aliphatic heterocycles. The van der Waals surface area contributed by atoms with Crippen molar-refractivity contribution in [1.29, 1.82) is 0 Å². The van der Waals surface area contributed by atoms with Crippen LogP contribution in [0.25, 0.3) is 0 Å². The number of anilines is 1. The molecule has 24 heavy (non-hydrogen) atoms. The van der Waals surface area contributed by atoms with Crippen LogP contribution < -0.4 is 5.73 Å². The van der Waals surface area contributed by atoms with Crippen molar-refractivity contribution in [1.82, 2.24) is 14.8 Å². The van der Waals surface area contributed by atoms with Gasteiger partial charge in [0.1, 0.15) is 5.82 Å². The van der Waals surface area contributed by atoms with Gasteiger partial charge < -0.3 is 15.4 Å². The number of carbonyl (C=O) groups excluding carboxylic acids is 1. The summed E-state index contributed by atoms with van der Waals surface area (Å²) in [5.74, 6) is 1.16. The monoisotopic (exact) mass is 332 g/mol. The van der Waals surface area contributed by atoms with Crippen molar-refractivity contribution in [3.8, 4) is 0 Å². The quantitative estimate of drug-likeness (QED) is 0.912.